The highest BCUT2D eigenvalue weighted by Crippen LogP contribution is 2.62. The molecule has 44 heavy (non-hydrogen) atoms. The first-order valence-electron chi connectivity index (χ1n) is 17.1. The zero-order chi connectivity index (χ0) is 30.6. The molecule has 11 nitrogen and oxygen atoms in total. The van der Waals surface area contributed by atoms with Gasteiger partial charge in [-0.05, 0) is 76.0 Å². The number of carbonyl (C=O) groups is 1. The van der Waals surface area contributed by atoms with Crippen LogP contribution in [0, 0.1) is 47.3 Å². The first-order valence-corrected chi connectivity index (χ1v) is 17.1. The van der Waals surface area contributed by atoms with Crippen LogP contribution in [0.4, 0.5) is 0 Å². The van der Waals surface area contributed by atoms with Crippen molar-refractivity contribution in [2.45, 2.75) is 141 Å². The van der Waals surface area contributed by atoms with Crippen molar-refractivity contribution in [3.63, 3.8) is 0 Å². The van der Waals surface area contributed by atoms with Crippen LogP contribution in [0.1, 0.15) is 92.9 Å². The number of fused-ring (bicyclic) bond motifs is 4. The summed E-state index contributed by atoms with van der Waals surface area (Å²) in [5.41, 5.74) is -1.32. The molecule has 10 fully saturated rings. The summed E-state index contributed by atoms with van der Waals surface area (Å²) >= 11 is 0. The lowest BCUT2D eigenvalue weighted by atomic mass is 9.58. The normalized spacial score (nSPS) is 57.6. The quantitative estimate of drug-likeness (QED) is 0.373. The first kappa shape index (κ1) is 30.6. The summed E-state index contributed by atoms with van der Waals surface area (Å²) in [7, 11) is 0. The fourth-order valence-electron chi connectivity index (χ4n) is 10.5. The van der Waals surface area contributed by atoms with E-state index in [1.807, 2.05) is 13.8 Å². The van der Waals surface area contributed by atoms with Crippen molar-refractivity contribution < 1.29 is 52.8 Å². The van der Waals surface area contributed by atoms with Gasteiger partial charge in [-0.25, -0.2) is 19.6 Å². The van der Waals surface area contributed by atoms with Gasteiger partial charge in [-0.15, -0.1) is 0 Å². The third-order valence-corrected chi connectivity index (χ3v) is 13.0. The highest BCUT2D eigenvalue weighted by atomic mass is 17.3. The summed E-state index contributed by atoms with van der Waals surface area (Å²) in [4.78, 5) is 37.4. The fourth-order valence-corrected chi connectivity index (χ4v) is 10.5. The Bertz CT molecular complexity index is 1050. The maximum atomic E-state index is 13.2. The van der Waals surface area contributed by atoms with Gasteiger partial charge >= 0.3 is 0 Å². The van der Waals surface area contributed by atoms with E-state index >= 15 is 0 Å². The molecule has 0 amide bonds. The molecule has 0 aromatic rings. The molecule has 0 radical (unpaired) electrons. The van der Waals surface area contributed by atoms with Crippen LogP contribution in [0.3, 0.4) is 0 Å². The zero-order valence-electron chi connectivity index (χ0n) is 27.0. The minimum atomic E-state index is -0.854. The van der Waals surface area contributed by atoms with Crippen LogP contribution in [0.15, 0.2) is 0 Å². The predicted octanol–water partition coefficient (Wildman–Crippen LogP) is 5.00. The van der Waals surface area contributed by atoms with E-state index in [1.165, 1.54) is 0 Å². The minimum absolute atomic E-state index is 0.00413. The van der Waals surface area contributed by atoms with Crippen molar-refractivity contribution in [2.75, 3.05) is 13.2 Å². The molecule has 0 aromatic carbocycles. The molecular formula is C33H50O11. The molecule has 2 aliphatic carbocycles. The second kappa shape index (κ2) is 10.6. The van der Waals surface area contributed by atoms with E-state index in [1.54, 1.807) is 0 Å². The molecule has 0 aromatic heterocycles. The average Bonchev–Trinajstić information content (AvgIpc) is 3.37. The summed E-state index contributed by atoms with van der Waals surface area (Å²) in [6.45, 7) is 12.4. The monoisotopic (exact) mass is 622 g/mol. The van der Waals surface area contributed by atoms with Crippen LogP contribution in [0.25, 0.3) is 0 Å². The number of carbonyl (C=O) groups excluding carboxylic acids is 1. The molecule has 2 spiro atoms. The highest BCUT2D eigenvalue weighted by molar-refractivity contribution is 5.80. The van der Waals surface area contributed by atoms with Crippen LogP contribution < -0.4 is 0 Å². The lowest BCUT2D eigenvalue weighted by molar-refractivity contribution is -0.577. The van der Waals surface area contributed by atoms with Gasteiger partial charge in [0.2, 0.25) is 11.6 Å². The van der Waals surface area contributed by atoms with E-state index in [-0.39, 0.29) is 54.5 Å². The van der Waals surface area contributed by atoms with E-state index < -0.39 is 47.9 Å². The highest BCUT2D eigenvalue weighted by Gasteiger charge is 2.71. The standard InChI is InChI=1S/C33H50O11/c1-17-7-9-24-19(3)26(37-28-32(24)22(17)11-13-30(5,39-28)41-43-32)35-15-21(34)16-36-27-20(4)25-10-8-18(2)23-12-14-31(6)40-29(38-27)33(23,25)44-42-31/h17-20,22-29H,7-16H2,1-6H3/t17-,18-,19-,20-,22+,23+,24+,25+,26+,27+,28-,29?,30-,31-,32-,33-/m1/s1. The average molecular weight is 623 g/mol. The topological polar surface area (TPSA) is 109 Å². The van der Waals surface area contributed by atoms with E-state index in [0.29, 0.717) is 11.8 Å². The number of ketones is 1. The van der Waals surface area contributed by atoms with Gasteiger partial charge in [-0.3, -0.25) is 4.79 Å². The first-order chi connectivity index (χ1) is 21.0. The number of Topliss-reactive ketones (excluding diaryl/α,β-unsaturated/α-hetero) is 1. The van der Waals surface area contributed by atoms with Gasteiger partial charge in [0.1, 0.15) is 13.2 Å². The van der Waals surface area contributed by atoms with Crippen LogP contribution in [0.5, 0.6) is 0 Å². The van der Waals surface area contributed by atoms with Crippen LogP contribution in [0.2, 0.25) is 0 Å². The molecule has 10 aliphatic rings. The van der Waals surface area contributed by atoms with E-state index in [9.17, 15) is 4.79 Å². The predicted molar refractivity (Wildman–Crippen MR) is 151 cm³/mol. The Kier molecular flexibility index (Phi) is 7.40. The summed E-state index contributed by atoms with van der Waals surface area (Å²) in [6.07, 6.45) is 5.17. The van der Waals surface area contributed by atoms with Crippen molar-refractivity contribution in [3.8, 4) is 0 Å². The number of hydrogen-bond donors (Lipinski definition) is 0. The summed E-state index contributed by atoms with van der Waals surface area (Å²) < 4.78 is 38.1. The van der Waals surface area contributed by atoms with Gasteiger partial charge < -0.3 is 28.4 Å². The molecule has 248 valence electrons. The van der Waals surface area contributed by atoms with Crippen molar-refractivity contribution in [3.05, 3.63) is 0 Å². The van der Waals surface area contributed by atoms with E-state index in [2.05, 4.69) is 27.7 Å². The van der Waals surface area contributed by atoms with Gasteiger partial charge in [0.05, 0.1) is 0 Å². The molecule has 8 saturated heterocycles. The summed E-state index contributed by atoms with van der Waals surface area (Å²) in [5, 5.41) is 0. The Morgan fingerprint density at radius 1 is 0.614 bits per heavy atom. The Morgan fingerprint density at radius 3 is 1.48 bits per heavy atom. The second-order valence-corrected chi connectivity index (χ2v) is 15.7. The fraction of sp³-hybridized carbons (Fsp3) is 0.970. The Hall–Kier alpha value is -0.730. The number of hydrogen-bond acceptors (Lipinski definition) is 11. The van der Waals surface area contributed by atoms with Gasteiger partial charge in [0, 0.05) is 36.5 Å². The smallest absolute Gasteiger partial charge is 0.201 e. The van der Waals surface area contributed by atoms with E-state index in [0.717, 1.165) is 51.4 Å². The lowest BCUT2D eigenvalue weighted by Gasteiger charge is -2.60. The molecule has 1 unspecified atom stereocenters. The zero-order valence-corrected chi connectivity index (χ0v) is 27.0. The Labute approximate surface area is 260 Å². The van der Waals surface area contributed by atoms with E-state index in [4.69, 9.17) is 48.0 Å². The molecule has 11 heteroatoms. The van der Waals surface area contributed by atoms with Crippen molar-refractivity contribution in [2.24, 2.45) is 47.3 Å². The van der Waals surface area contributed by atoms with Crippen molar-refractivity contribution in [1.29, 1.82) is 0 Å². The van der Waals surface area contributed by atoms with Crippen LogP contribution in [-0.4, -0.2) is 66.9 Å². The maximum absolute atomic E-state index is 13.2. The largest absolute Gasteiger partial charge is 0.344 e. The molecule has 4 bridgehead atoms. The molecular weight excluding hydrogens is 572 g/mol. The maximum Gasteiger partial charge on any atom is 0.201 e. The molecule has 2 saturated carbocycles. The summed E-state index contributed by atoms with van der Waals surface area (Å²) in [6, 6.07) is 0. The molecule has 0 N–H and O–H groups in total. The lowest BCUT2D eigenvalue weighted by Crippen LogP contribution is -2.70. The third-order valence-electron chi connectivity index (χ3n) is 13.0. The number of rotatable bonds is 6. The summed E-state index contributed by atoms with van der Waals surface area (Å²) in [5.74, 6) is -0.0998. The van der Waals surface area contributed by atoms with Crippen LogP contribution >= 0.6 is 0 Å². The van der Waals surface area contributed by atoms with Crippen LogP contribution in [-0.2, 0) is 52.8 Å². The molecule has 8 aliphatic heterocycles. The van der Waals surface area contributed by atoms with Gasteiger partial charge in [0.25, 0.3) is 0 Å². The van der Waals surface area contributed by atoms with Gasteiger partial charge in [-0.2, -0.15) is 0 Å². The molecule has 10 rings (SSSR count). The molecule has 16 atom stereocenters. The minimum Gasteiger partial charge on any atom is -0.344 e. The van der Waals surface area contributed by atoms with Crippen molar-refractivity contribution in [1.82, 2.24) is 0 Å². The Morgan fingerprint density at radius 2 is 1.05 bits per heavy atom. The third kappa shape index (κ3) is 4.40. The van der Waals surface area contributed by atoms with Gasteiger partial charge in [0.15, 0.2) is 42.1 Å². The Balaban J connectivity index is 0.917. The molecule has 8 heterocycles. The second-order valence-electron chi connectivity index (χ2n) is 15.7. The van der Waals surface area contributed by atoms with Crippen molar-refractivity contribution >= 4 is 5.78 Å². The SMILES string of the molecule is C[C@H]1[C@@H](OCC(=O)CO[C@H]2O[C@@H]3O[C@@]4(C)CC[C@H]5[C@H](C)CC[C@@H]([C@H]2C)[C@@]35OO4)OC2O[C@@]3(C)CC[C@H]4[C@H](C)CC[C@@H]1[C@@]24OO3. The van der Waals surface area contributed by atoms with Gasteiger partial charge in [-0.1, -0.05) is 27.7 Å². The number of ether oxygens (including phenoxy) is 6.